The van der Waals surface area contributed by atoms with Crippen LogP contribution in [0.1, 0.15) is 32.6 Å². The van der Waals surface area contributed by atoms with Crippen LogP contribution in [0.2, 0.25) is 0 Å². The Labute approximate surface area is 131 Å². The lowest BCUT2D eigenvalue weighted by atomic mass is 10.00. The van der Waals surface area contributed by atoms with Crippen molar-refractivity contribution < 1.29 is 9.53 Å². The predicted molar refractivity (Wildman–Crippen MR) is 89.1 cm³/mol. The number of fused-ring (bicyclic) bond motifs is 1. The van der Waals surface area contributed by atoms with Crippen LogP contribution in [0.3, 0.4) is 0 Å². The molecule has 1 fully saturated rings. The molecule has 0 aliphatic carbocycles. The van der Waals surface area contributed by atoms with Gasteiger partial charge in [-0.1, -0.05) is 37.3 Å². The van der Waals surface area contributed by atoms with Crippen molar-refractivity contribution in [2.75, 3.05) is 13.2 Å². The Kier molecular flexibility index (Phi) is 4.62. The zero-order valence-corrected chi connectivity index (χ0v) is 13.1. The van der Waals surface area contributed by atoms with E-state index in [2.05, 4.69) is 19.1 Å². The summed E-state index contributed by atoms with van der Waals surface area (Å²) in [6.45, 7) is 3.16. The molecule has 22 heavy (non-hydrogen) atoms. The molecule has 116 valence electrons. The standard InChI is InChI=1S/C19H23NO2/c1-2-17-9-5-6-12-20(17)19(21)14-22-18-11-10-15-7-3-4-8-16(15)13-18/h3-4,7-8,10-11,13,17H,2,5-6,9,12,14H2,1H3. The Balaban J connectivity index is 1.64. The van der Waals surface area contributed by atoms with Gasteiger partial charge in [0.25, 0.3) is 5.91 Å². The SMILES string of the molecule is CCC1CCCCN1C(=O)COc1ccc2ccccc2c1. The molecule has 1 unspecified atom stereocenters. The third-order valence-electron chi connectivity index (χ3n) is 4.50. The molecule has 0 radical (unpaired) electrons. The van der Waals surface area contributed by atoms with Gasteiger partial charge in [-0.25, -0.2) is 0 Å². The van der Waals surface area contributed by atoms with Gasteiger partial charge in [0, 0.05) is 12.6 Å². The van der Waals surface area contributed by atoms with Crippen molar-refractivity contribution in [3.8, 4) is 5.75 Å². The van der Waals surface area contributed by atoms with Crippen LogP contribution < -0.4 is 4.74 Å². The van der Waals surface area contributed by atoms with Gasteiger partial charge in [0.15, 0.2) is 6.61 Å². The number of likely N-dealkylation sites (tertiary alicyclic amines) is 1. The molecule has 3 nitrogen and oxygen atoms in total. The fourth-order valence-electron chi connectivity index (χ4n) is 3.24. The van der Waals surface area contributed by atoms with Crippen molar-refractivity contribution in [2.45, 2.75) is 38.6 Å². The molecule has 0 spiro atoms. The van der Waals surface area contributed by atoms with Crippen LogP contribution >= 0.6 is 0 Å². The second-order valence-corrected chi connectivity index (χ2v) is 5.94. The van der Waals surface area contributed by atoms with Crippen LogP contribution in [0.25, 0.3) is 10.8 Å². The number of hydrogen-bond acceptors (Lipinski definition) is 2. The summed E-state index contributed by atoms with van der Waals surface area (Å²) in [6.07, 6.45) is 4.49. The summed E-state index contributed by atoms with van der Waals surface area (Å²) in [5, 5.41) is 2.32. The number of benzene rings is 2. The minimum Gasteiger partial charge on any atom is -0.484 e. The zero-order valence-electron chi connectivity index (χ0n) is 13.1. The molecule has 1 aliphatic heterocycles. The summed E-state index contributed by atoms with van der Waals surface area (Å²) in [6, 6.07) is 14.5. The molecule has 3 rings (SSSR count). The quantitative estimate of drug-likeness (QED) is 0.853. The molecule has 2 aromatic rings. The number of amides is 1. The zero-order chi connectivity index (χ0) is 15.4. The van der Waals surface area contributed by atoms with Crippen LogP contribution in [0.15, 0.2) is 42.5 Å². The second kappa shape index (κ2) is 6.82. The molecule has 1 aliphatic rings. The highest BCUT2D eigenvalue weighted by atomic mass is 16.5. The van der Waals surface area contributed by atoms with Crippen LogP contribution in [0.5, 0.6) is 5.75 Å². The Hall–Kier alpha value is -2.03. The van der Waals surface area contributed by atoms with E-state index >= 15 is 0 Å². The third kappa shape index (κ3) is 3.24. The van der Waals surface area contributed by atoms with Crippen molar-refractivity contribution in [3.63, 3.8) is 0 Å². The van der Waals surface area contributed by atoms with Gasteiger partial charge in [-0.05, 0) is 48.6 Å². The Morgan fingerprint density at radius 3 is 2.82 bits per heavy atom. The van der Waals surface area contributed by atoms with E-state index in [1.807, 2.05) is 35.2 Å². The van der Waals surface area contributed by atoms with Gasteiger partial charge in [-0.3, -0.25) is 4.79 Å². The van der Waals surface area contributed by atoms with E-state index in [1.54, 1.807) is 0 Å². The number of rotatable bonds is 4. The number of carbonyl (C=O) groups is 1. The van der Waals surface area contributed by atoms with Crippen molar-refractivity contribution in [1.29, 1.82) is 0 Å². The van der Waals surface area contributed by atoms with E-state index in [0.29, 0.717) is 6.04 Å². The summed E-state index contributed by atoms with van der Waals surface area (Å²) in [4.78, 5) is 14.4. The topological polar surface area (TPSA) is 29.5 Å². The van der Waals surface area contributed by atoms with E-state index in [9.17, 15) is 4.79 Å². The lowest BCUT2D eigenvalue weighted by Crippen LogP contribution is -2.45. The van der Waals surface area contributed by atoms with E-state index in [4.69, 9.17) is 4.74 Å². The predicted octanol–water partition coefficient (Wildman–Crippen LogP) is 4.01. The normalized spacial score (nSPS) is 18.4. The molecule has 1 heterocycles. The van der Waals surface area contributed by atoms with Crippen molar-refractivity contribution in [3.05, 3.63) is 42.5 Å². The molecule has 3 heteroatoms. The molecule has 2 aromatic carbocycles. The largest absolute Gasteiger partial charge is 0.484 e. The Morgan fingerprint density at radius 2 is 2.00 bits per heavy atom. The van der Waals surface area contributed by atoms with Crippen molar-refractivity contribution >= 4 is 16.7 Å². The van der Waals surface area contributed by atoms with Crippen LogP contribution in [-0.2, 0) is 4.79 Å². The van der Waals surface area contributed by atoms with Crippen molar-refractivity contribution in [2.24, 2.45) is 0 Å². The number of carbonyl (C=O) groups excluding carboxylic acids is 1. The van der Waals surface area contributed by atoms with Crippen LogP contribution in [0, 0.1) is 0 Å². The molecule has 0 bridgehead atoms. The summed E-state index contributed by atoms with van der Waals surface area (Å²) in [7, 11) is 0. The monoisotopic (exact) mass is 297 g/mol. The molecule has 0 saturated carbocycles. The maximum atomic E-state index is 12.4. The fourth-order valence-corrected chi connectivity index (χ4v) is 3.24. The molecule has 0 aromatic heterocycles. The van der Waals surface area contributed by atoms with E-state index in [-0.39, 0.29) is 12.5 Å². The van der Waals surface area contributed by atoms with E-state index in [0.717, 1.165) is 36.9 Å². The highest BCUT2D eigenvalue weighted by molar-refractivity contribution is 5.84. The molecular formula is C19H23NO2. The average molecular weight is 297 g/mol. The van der Waals surface area contributed by atoms with E-state index < -0.39 is 0 Å². The van der Waals surface area contributed by atoms with Crippen LogP contribution in [0.4, 0.5) is 0 Å². The number of ether oxygens (including phenoxy) is 1. The molecular weight excluding hydrogens is 274 g/mol. The Morgan fingerprint density at radius 1 is 1.18 bits per heavy atom. The summed E-state index contributed by atoms with van der Waals surface area (Å²) in [5.74, 6) is 0.872. The van der Waals surface area contributed by atoms with Gasteiger partial charge in [0.05, 0.1) is 0 Å². The first-order chi connectivity index (χ1) is 10.8. The molecule has 0 N–H and O–H groups in total. The first kappa shape index (κ1) is 14.9. The van der Waals surface area contributed by atoms with Crippen molar-refractivity contribution in [1.82, 2.24) is 4.90 Å². The second-order valence-electron chi connectivity index (χ2n) is 5.94. The summed E-state index contributed by atoms with van der Waals surface area (Å²) < 4.78 is 5.73. The van der Waals surface area contributed by atoms with Gasteiger partial charge in [-0.2, -0.15) is 0 Å². The average Bonchev–Trinajstić information content (AvgIpc) is 2.59. The maximum absolute atomic E-state index is 12.4. The Bertz CT molecular complexity index is 653. The van der Waals surface area contributed by atoms with Gasteiger partial charge < -0.3 is 9.64 Å². The van der Waals surface area contributed by atoms with Crippen LogP contribution in [-0.4, -0.2) is 30.0 Å². The number of hydrogen-bond donors (Lipinski definition) is 0. The lowest BCUT2D eigenvalue weighted by molar-refractivity contribution is -0.137. The van der Waals surface area contributed by atoms with E-state index in [1.165, 1.54) is 11.8 Å². The van der Waals surface area contributed by atoms with Gasteiger partial charge in [0.1, 0.15) is 5.75 Å². The minimum absolute atomic E-state index is 0.111. The molecule has 1 amide bonds. The number of piperidine rings is 1. The van der Waals surface area contributed by atoms with Gasteiger partial charge in [-0.15, -0.1) is 0 Å². The summed E-state index contributed by atoms with van der Waals surface area (Å²) >= 11 is 0. The third-order valence-corrected chi connectivity index (χ3v) is 4.50. The lowest BCUT2D eigenvalue weighted by Gasteiger charge is -2.35. The first-order valence-electron chi connectivity index (χ1n) is 8.19. The number of nitrogens with zero attached hydrogens (tertiary/aromatic N) is 1. The highest BCUT2D eigenvalue weighted by Gasteiger charge is 2.25. The smallest absolute Gasteiger partial charge is 0.260 e. The fraction of sp³-hybridized carbons (Fsp3) is 0.421. The maximum Gasteiger partial charge on any atom is 0.260 e. The summed E-state index contributed by atoms with van der Waals surface area (Å²) in [5.41, 5.74) is 0. The van der Waals surface area contributed by atoms with Gasteiger partial charge in [0.2, 0.25) is 0 Å². The first-order valence-corrected chi connectivity index (χ1v) is 8.19. The highest BCUT2D eigenvalue weighted by Crippen LogP contribution is 2.22. The van der Waals surface area contributed by atoms with Gasteiger partial charge >= 0.3 is 0 Å². The molecule has 1 atom stereocenters. The molecule has 1 saturated heterocycles. The minimum atomic E-state index is 0.111.